The number of unbranched alkanes of at least 4 members (excludes halogenated alkanes) is 2. The Kier molecular flexibility index (Phi) is 10.2. The average molecular weight is 568 g/mol. The highest BCUT2D eigenvalue weighted by Gasteiger charge is 2.74. The number of fused-ring (bicyclic) bond motifs is 1. The summed E-state index contributed by atoms with van der Waals surface area (Å²) in [5.74, 6) is -1.15. The molecule has 1 spiro atoms. The maximum Gasteiger partial charge on any atom is 0.247 e. The Balaban J connectivity index is 1.72. The molecule has 1 aromatic rings. The van der Waals surface area contributed by atoms with Gasteiger partial charge in [-0.2, -0.15) is 0 Å². The van der Waals surface area contributed by atoms with Gasteiger partial charge < -0.3 is 19.8 Å². The number of hydrogen-bond acceptors (Lipinski definition) is 5. The van der Waals surface area contributed by atoms with Crippen LogP contribution in [0, 0.1) is 11.8 Å². The topological polar surface area (TPSA) is 81.2 Å². The van der Waals surface area contributed by atoms with Crippen LogP contribution in [0.4, 0.5) is 5.69 Å². The summed E-state index contributed by atoms with van der Waals surface area (Å²) in [5.41, 5.74) is 0.790. The number of para-hydroxylation sites is 1. The predicted octanol–water partition coefficient (Wildman–Crippen LogP) is 4.66. The maximum absolute atomic E-state index is 14.5. The van der Waals surface area contributed by atoms with E-state index in [1.54, 1.807) is 33.7 Å². The molecule has 0 aliphatic carbocycles. The minimum atomic E-state index is -0.613. The Morgan fingerprint density at radius 2 is 1.88 bits per heavy atom. The van der Waals surface area contributed by atoms with Crippen LogP contribution in [-0.2, 0) is 14.4 Å². The van der Waals surface area contributed by atoms with E-state index in [2.05, 4.69) is 27.0 Å². The molecule has 2 bridgehead atoms. The summed E-state index contributed by atoms with van der Waals surface area (Å²) in [6.45, 7) is 13.3. The molecule has 1 N–H and O–H groups in total. The summed E-state index contributed by atoms with van der Waals surface area (Å²) < 4.78 is -0.613. The number of thioether (sulfide) groups is 1. The van der Waals surface area contributed by atoms with Crippen LogP contribution in [0.2, 0.25) is 0 Å². The number of amides is 3. The molecule has 3 heterocycles. The van der Waals surface area contributed by atoms with E-state index in [0.29, 0.717) is 32.5 Å². The van der Waals surface area contributed by atoms with E-state index in [1.807, 2.05) is 35.2 Å². The predicted molar refractivity (Wildman–Crippen MR) is 162 cm³/mol. The van der Waals surface area contributed by atoms with Crippen molar-refractivity contribution in [3.05, 3.63) is 55.6 Å². The molecular formula is C32H45N3O4S. The fourth-order valence-electron chi connectivity index (χ4n) is 7.12. The van der Waals surface area contributed by atoms with E-state index < -0.39 is 22.6 Å². The number of hydrogen-bond donors (Lipinski definition) is 1. The van der Waals surface area contributed by atoms with Gasteiger partial charge in [-0.1, -0.05) is 43.7 Å². The average Bonchev–Trinajstić information content (AvgIpc) is 3.60. The van der Waals surface area contributed by atoms with Crippen molar-refractivity contribution >= 4 is 35.2 Å². The molecular weight excluding hydrogens is 522 g/mol. The van der Waals surface area contributed by atoms with Crippen molar-refractivity contribution in [3.63, 3.8) is 0 Å². The largest absolute Gasteiger partial charge is 0.396 e. The number of nitrogens with zero attached hydrogens (tertiary/aromatic N) is 3. The Bertz CT molecular complexity index is 1080. The monoisotopic (exact) mass is 567 g/mol. The second kappa shape index (κ2) is 13.4. The van der Waals surface area contributed by atoms with Crippen LogP contribution in [0.15, 0.2) is 55.6 Å². The lowest BCUT2D eigenvalue weighted by Gasteiger charge is -2.39. The molecule has 40 heavy (non-hydrogen) atoms. The second-order valence-corrected chi connectivity index (χ2v) is 13.0. The molecule has 3 fully saturated rings. The Labute approximate surface area is 243 Å². The van der Waals surface area contributed by atoms with Crippen molar-refractivity contribution in [2.45, 2.75) is 80.9 Å². The van der Waals surface area contributed by atoms with E-state index in [0.717, 1.165) is 37.8 Å². The number of benzene rings is 1. The van der Waals surface area contributed by atoms with Gasteiger partial charge in [0.15, 0.2) is 0 Å². The van der Waals surface area contributed by atoms with Crippen LogP contribution in [-0.4, -0.2) is 80.9 Å². The Morgan fingerprint density at radius 1 is 1.15 bits per heavy atom. The lowest BCUT2D eigenvalue weighted by Crippen LogP contribution is -2.56. The summed E-state index contributed by atoms with van der Waals surface area (Å²) >= 11 is 1.72. The van der Waals surface area contributed by atoms with Crippen molar-refractivity contribution < 1.29 is 19.5 Å². The van der Waals surface area contributed by atoms with Gasteiger partial charge in [-0.25, -0.2) is 0 Å². The quantitative estimate of drug-likeness (QED) is 0.246. The fraction of sp³-hybridized carbons (Fsp3) is 0.594. The molecule has 3 aliphatic rings. The normalized spacial score (nSPS) is 27.4. The van der Waals surface area contributed by atoms with Gasteiger partial charge in [0, 0.05) is 43.2 Å². The first-order valence-electron chi connectivity index (χ1n) is 14.8. The number of rotatable bonds is 15. The summed E-state index contributed by atoms with van der Waals surface area (Å²) in [6, 6.07) is 8.99. The lowest BCUT2D eigenvalue weighted by atomic mass is 9.70. The van der Waals surface area contributed by atoms with Gasteiger partial charge in [-0.15, -0.1) is 24.9 Å². The summed E-state index contributed by atoms with van der Waals surface area (Å²) in [7, 11) is 0. The Morgan fingerprint density at radius 3 is 2.52 bits per heavy atom. The number of likely N-dealkylation sites (tertiary alicyclic amines) is 1. The molecule has 3 amide bonds. The van der Waals surface area contributed by atoms with Gasteiger partial charge in [0.1, 0.15) is 6.04 Å². The molecule has 3 unspecified atom stereocenters. The van der Waals surface area contributed by atoms with Gasteiger partial charge in [0.05, 0.1) is 16.6 Å². The van der Waals surface area contributed by atoms with E-state index >= 15 is 0 Å². The maximum atomic E-state index is 14.5. The van der Waals surface area contributed by atoms with E-state index in [1.165, 1.54) is 0 Å². The molecule has 1 aromatic carbocycles. The van der Waals surface area contributed by atoms with Crippen molar-refractivity contribution in [3.8, 4) is 0 Å². The third-order valence-electron chi connectivity index (χ3n) is 8.87. The molecule has 0 aromatic heterocycles. The molecule has 3 aliphatic heterocycles. The van der Waals surface area contributed by atoms with Crippen LogP contribution in [0.3, 0.4) is 0 Å². The molecule has 3 saturated heterocycles. The van der Waals surface area contributed by atoms with Crippen molar-refractivity contribution in [1.82, 2.24) is 9.80 Å². The van der Waals surface area contributed by atoms with Gasteiger partial charge in [-0.3, -0.25) is 14.4 Å². The smallest absolute Gasteiger partial charge is 0.247 e. The summed E-state index contributed by atoms with van der Waals surface area (Å²) in [6.07, 6.45) is 9.04. The van der Waals surface area contributed by atoms with Gasteiger partial charge >= 0.3 is 0 Å². The van der Waals surface area contributed by atoms with Crippen molar-refractivity contribution in [1.29, 1.82) is 0 Å². The molecule has 7 nitrogen and oxygen atoms in total. The van der Waals surface area contributed by atoms with Crippen LogP contribution in [0.25, 0.3) is 0 Å². The standard InChI is InChI=1S/C32H45N3O4S/c1-5-14-23(4)33(19-6-2)31(39)28-32-18-17-25(40-32)26(27(32)30(38)35(28)21-12-9-13-22-36)29(37)34(20-7-3)24-15-10-8-11-16-24/h6-8,10-11,15-16,23,25-28,36H,2-3,5,9,12-14,17-22H2,1,4H3/t23?,25-,26+,27+,28?,32?/m1/s1. The fourth-order valence-corrected chi connectivity index (χ4v) is 9.33. The highest BCUT2D eigenvalue weighted by atomic mass is 32.2. The zero-order valence-electron chi connectivity index (χ0n) is 24.0. The van der Waals surface area contributed by atoms with Crippen LogP contribution >= 0.6 is 11.8 Å². The van der Waals surface area contributed by atoms with Gasteiger partial charge in [0.2, 0.25) is 17.7 Å². The first kappa shape index (κ1) is 30.4. The zero-order valence-corrected chi connectivity index (χ0v) is 24.9. The third kappa shape index (κ3) is 5.49. The number of carbonyl (C=O) groups is 3. The number of anilines is 1. The lowest BCUT2D eigenvalue weighted by molar-refractivity contribution is -0.143. The minimum absolute atomic E-state index is 0.00485. The van der Waals surface area contributed by atoms with E-state index in [4.69, 9.17) is 0 Å². The van der Waals surface area contributed by atoms with Crippen LogP contribution < -0.4 is 4.90 Å². The highest BCUT2D eigenvalue weighted by Crippen LogP contribution is 2.66. The first-order valence-corrected chi connectivity index (χ1v) is 15.7. The highest BCUT2D eigenvalue weighted by molar-refractivity contribution is 8.02. The molecule has 6 atom stereocenters. The molecule has 0 saturated carbocycles. The van der Waals surface area contributed by atoms with Gasteiger partial charge in [-0.05, 0) is 57.6 Å². The number of carbonyl (C=O) groups excluding carboxylic acids is 3. The molecule has 0 radical (unpaired) electrons. The van der Waals surface area contributed by atoms with Crippen molar-refractivity contribution in [2.24, 2.45) is 11.8 Å². The number of aliphatic hydroxyl groups excluding tert-OH is 1. The minimum Gasteiger partial charge on any atom is -0.396 e. The zero-order chi connectivity index (χ0) is 28.9. The number of aliphatic hydroxyl groups is 1. The second-order valence-electron chi connectivity index (χ2n) is 11.4. The Hall–Kier alpha value is -2.58. The van der Waals surface area contributed by atoms with Crippen LogP contribution in [0.5, 0.6) is 0 Å². The van der Waals surface area contributed by atoms with Crippen molar-refractivity contribution in [2.75, 3.05) is 31.1 Å². The summed E-state index contributed by atoms with van der Waals surface area (Å²) in [5, 5.41) is 9.30. The third-order valence-corrected chi connectivity index (χ3v) is 10.8. The molecule has 8 heteroatoms. The molecule has 218 valence electrons. The van der Waals surface area contributed by atoms with E-state index in [9.17, 15) is 19.5 Å². The SMILES string of the molecule is C=CCN(C(=O)[C@@H]1[C@H]2C(=O)N(CCCCCO)C(C(=O)N(CC=C)C(C)CCC)C23CC[C@H]1S3)c1ccccc1. The summed E-state index contributed by atoms with van der Waals surface area (Å²) in [4.78, 5) is 48.5. The van der Waals surface area contributed by atoms with Crippen LogP contribution in [0.1, 0.15) is 58.8 Å². The van der Waals surface area contributed by atoms with E-state index in [-0.39, 0.29) is 35.6 Å². The molecule has 4 rings (SSSR count). The van der Waals surface area contributed by atoms with Gasteiger partial charge in [0.25, 0.3) is 0 Å². The first-order chi connectivity index (χ1) is 19.4.